The molecule has 0 aromatic heterocycles. The van der Waals surface area contributed by atoms with E-state index in [1.165, 1.54) is 38.6 Å². The second-order valence-electron chi connectivity index (χ2n) is 3.67. The molecule has 0 saturated heterocycles. The van der Waals surface area contributed by atoms with Gasteiger partial charge in [-0.05, 0) is 51.6 Å². The Morgan fingerprint density at radius 2 is 1.47 bits per heavy atom. The van der Waals surface area contributed by atoms with Gasteiger partial charge in [0.2, 0.25) is 0 Å². The molecular formula is C13H32N2. The Kier molecular flexibility index (Phi) is 16.1. The zero-order valence-corrected chi connectivity index (χ0v) is 11.5. The van der Waals surface area contributed by atoms with Crippen molar-refractivity contribution in [2.75, 3.05) is 13.6 Å². The molecule has 0 aromatic rings. The van der Waals surface area contributed by atoms with E-state index in [1.54, 1.807) is 0 Å². The number of nitrogens with one attached hydrogen (secondary N) is 1. The third-order valence-corrected chi connectivity index (χ3v) is 2.69. The third-order valence-electron chi connectivity index (χ3n) is 2.69. The second-order valence-corrected chi connectivity index (χ2v) is 3.67. The molecule has 1 aliphatic rings. The van der Waals surface area contributed by atoms with Crippen LogP contribution in [0.4, 0.5) is 0 Å². The SMILES string of the molecule is CC.CC.CNCCC1CCC(N)CC1. The van der Waals surface area contributed by atoms with Crippen molar-refractivity contribution in [1.29, 1.82) is 0 Å². The Morgan fingerprint density at radius 3 is 1.87 bits per heavy atom. The highest BCUT2D eigenvalue weighted by Gasteiger charge is 2.17. The summed E-state index contributed by atoms with van der Waals surface area (Å²) in [4.78, 5) is 0. The van der Waals surface area contributed by atoms with Crippen LogP contribution in [0.15, 0.2) is 0 Å². The topological polar surface area (TPSA) is 38.0 Å². The van der Waals surface area contributed by atoms with Gasteiger partial charge in [-0.25, -0.2) is 0 Å². The molecule has 0 spiro atoms. The molecule has 2 nitrogen and oxygen atoms in total. The summed E-state index contributed by atoms with van der Waals surface area (Å²) in [7, 11) is 2.02. The second kappa shape index (κ2) is 13.9. The zero-order valence-electron chi connectivity index (χ0n) is 11.5. The fourth-order valence-electron chi connectivity index (χ4n) is 1.83. The molecule has 1 saturated carbocycles. The van der Waals surface area contributed by atoms with Crippen molar-refractivity contribution in [3.8, 4) is 0 Å². The average Bonchev–Trinajstić information content (AvgIpc) is 2.34. The molecular weight excluding hydrogens is 184 g/mol. The van der Waals surface area contributed by atoms with E-state index in [0.717, 1.165) is 5.92 Å². The molecule has 1 aliphatic carbocycles. The van der Waals surface area contributed by atoms with Crippen LogP contribution in [0, 0.1) is 5.92 Å². The van der Waals surface area contributed by atoms with E-state index in [-0.39, 0.29) is 0 Å². The van der Waals surface area contributed by atoms with Gasteiger partial charge in [0.15, 0.2) is 0 Å². The maximum Gasteiger partial charge on any atom is 0.00390 e. The maximum atomic E-state index is 5.81. The molecule has 2 heteroatoms. The summed E-state index contributed by atoms with van der Waals surface area (Å²) in [5.74, 6) is 0.947. The molecule has 0 radical (unpaired) electrons. The summed E-state index contributed by atoms with van der Waals surface area (Å²) in [6.07, 6.45) is 6.53. The van der Waals surface area contributed by atoms with Crippen LogP contribution in [0.2, 0.25) is 0 Å². The standard InChI is InChI=1S/C9H20N2.2C2H6/c1-11-7-6-8-2-4-9(10)5-3-8;2*1-2/h8-9,11H,2-7,10H2,1H3;2*1-2H3. The summed E-state index contributed by atoms with van der Waals surface area (Å²) < 4.78 is 0. The van der Waals surface area contributed by atoms with Crippen LogP contribution < -0.4 is 11.1 Å². The zero-order chi connectivity index (χ0) is 12.1. The van der Waals surface area contributed by atoms with Crippen molar-refractivity contribution in [3.63, 3.8) is 0 Å². The Morgan fingerprint density at radius 1 is 1.00 bits per heavy atom. The quantitative estimate of drug-likeness (QED) is 0.760. The van der Waals surface area contributed by atoms with Crippen LogP contribution in [-0.2, 0) is 0 Å². The van der Waals surface area contributed by atoms with Gasteiger partial charge in [0.05, 0.1) is 0 Å². The van der Waals surface area contributed by atoms with Crippen LogP contribution in [0.5, 0.6) is 0 Å². The maximum absolute atomic E-state index is 5.81. The molecule has 0 aromatic carbocycles. The van der Waals surface area contributed by atoms with Gasteiger partial charge < -0.3 is 11.1 Å². The molecule has 0 atom stereocenters. The first kappa shape index (κ1) is 17.3. The van der Waals surface area contributed by atoms with Gasteiger partial charge in [0, 0.05) is 6.04 Å². The minimum atomic E-state index is 0.501. The van der Waals surface area contributed by atoms with Crippen LogP contribution in [-0.4, -0.2) is 19.6 Å². The molecule has 0 unspecified atom stereocenters. The van der Waals surface area contributed by atoms with Gasteiger partial charge in [-0.1, -0.05) is 27.7 Å². The number of hydrogen-bond donors (Lipinski definition) is 2. The lowest BCUT2D eigenvalue weighted by molar-refractivity contribution is 0.309. The number of hydrogen-bond acceptors (Lipinski definition) is 2. The number of rotatable bonds is 3. The Bertz CT molecular complexity index is 94.0. The smallest absolute Gasteiger partial charge is 0.00390 e. The van der Waals surface area contributed by atoms with Gasteiger partial charge in [0.25, 0.3) is 0 Å². The van der Waals surface area contributed by atoms with E-state index in [1.807, 2.05) is 34.7 Å². The molecule has 0 aliphatic heterocycles. The molecule has 0 heterocycles. The summed E-state index contributed by atoms with van der Waals surface area (Å²) in [6.45, 7) is 9.17. The molecule has 1 rings (SSSR count). The lowest BCUT2D eigenvalue weighted by atomic mass is 9.84. The first-order valence-electron chi connectivity index (χ1n) is 6.73. The molecule has 1 fully saturated rings. The van der Waals surface area contributed by atoms with E-state index >= 15 is 0 Å². The first-order chi connectivity index (χ1) is 7.33. The fraction of sp³-hybridized carbons (Fsp3) is 1.00. The lowest BCUT2D eigenvalue weighted by Gasteiger charge is -2.25. The van der Waals surface area contributed by atoms with Crippen LogP contribution in [0.1, 0.15) is 59.8 Å². The van der Waals surface area contributed by atoms with Gasteiger partial charge in [-0.15, -0.1) is 0 Å². The molecule has 94 valence electrons. The Hall–Kier alpha value is -0.0800. The molecule has 3 N–H and O–H groups in total. The van der Waals surface area contributed by atoms with Crippen molar-refractivity contribution in [2.24, 2.45) is 11.7 Å². The Labute approximate surface area is 97.0 Å². The van der Waals surface area contributed by atoms with E-state index < -0.39 is 0 Å². The molecule has 0 amide bonds. The highest BCUT2D eigenvalue weighted by Crippen LogP contribution is 2.25. The third kappa shape index (κ3) is 10.2. The molecule has 15 heavy (non-hydrogen) atoms. The summed E-state index contributed by atoms with van der Waals surface area (Å²) in [5, 5.41) is 3.19. The van der Waals surface area contributed by atoms with Gasteiger partial charge in [-0.3, -0.25) is 0 Å². The highest BCUT2D eigenvalue weighted by molar-refractivity contribution is 4.74. The lowest BCUT2D eigenvalue weighted by Crippen LogP contribution is -2.27. The van der Waals surface area contributed by atoms with Crippen molar-refractivity contribution in [1.82, 2.24) is 5.32 Å². The minimum Gasteiger partial charge on any atom is -0.328 e. The van der Waals surface area contributed by atoms with Crippen LogP contribution >= 0.6 is 0 Å². The summed E-state index contributed by atoms with van der Waals surface area (Å²) in [5.41, 5.74) is 5.81. The van der Waals surface area contributed by atoms with Crippen molar-refractivity contribution in [2.45, 2.75) is 65.8 Å². The highest BCUT2D eigenvalue weighted by atomic mass is 14.8. The molecule has 0 bridgehead atoms. The van der Waals surface area contributed by atoms with E-state index in [4.69, 9.17) is 5.73 Å². The number of nitrogens with two attached hydrogens (primary N) is 1. The Balaban J connectivity index is 0. The predicted octanol–water partition coefficient (Wildman–Crippen LogP) is 3.17. The van der Waals surface area contributed by atoms with Crippen LogP contribution in [0.25, 0.3) is 0 Å². The van der Waals surface area contributed by atoms with Crippen molar-refractivity contribution < 1.29 is 0 Å². The van der Waals surface area contributed by atoms with Crippen molar-refractivity contribution in [3.05, 3.63) is 0 Å². The first-order valence-corrected chi connectivity index (χ1v) is 6.73. The van der Waals surface area contributed by atoms with Crippen LogP contribution in [0.3, 0.4) is 0 Å². The summed E-state index contributed by atoms with van der Waals surface area (Å²) >= 11 is 0. The van der Waals surface area contributed by atoms with E-state index in [0.29, 0.717) is 6.04 Å². The normalized spacial score (nSPS) is 24.4. The van der Waals surface area contributed by atoms with E-state index in [9.17, 15) is 0 Å². The minimum absolute atomic E-state index is 0.501. The van der Waals surface area contributed by atoms with Gasteiger partial charge >= 0.3 is 0 Å². The monoisotopic (exact) mass is 216 g/mol. The average molecular weight is 216 g/mol. The predicted molar refractivity (Wildman–Crippen MR) is 71.2 cm³/mol. The van der Waals surface area contributed by atoms with Gasteiger partial charge in [-0.2, -0.15) is 0 Å². The largest absolute Gasteiger partial charge is 0.328 e. The summed E-state index contributed by atoms with van der Waals surface area (Å²) in [6, 6.07) is 0.501. The van der Waals surface area contributed by atoms with Gasteiger partial charge in [0.1, 0.15) is 0 Å². The van der Waals surface area contributed by atoms with E-state index in [2.05, 4.69) is 5.32 Å². The fourth-order valence-corrected chi connectivity index (χ4v) is 1.83. The van der Waals surface area contributed by atoms with Crippen molar-refractivity contribution >= 4 is 0 Å².